The van der Waals surface area contributed by atoms with E-state index in [-0.39, 0.29) is 0 Å². The molecule has 0 N–H and O–H groups in total. The summed E-state index contributed by atoms with van der Waals surface area (Å²) in [6.45, 7) is 2.05. The van der Waals surface area contributed by atoms with Gasteiger partial charge < -0.3 is 4.57 Å². The van der Waals surface area contributed by atoms with E-state index >= 15 is 0 Å². The van der Waals surface area contributed by atoms with E-state index in [2.05, 4.69) is 17.0 Å². The van der Waals surface area contributed by atoms with Crippen molar-refractivity contribution in [2.45, 2.75) is 30.1 Å². The van der Waals surface area contributed by atoms with Crippen LogP contribution in [0, 0.1) is 0 Å². The Morgan fingerprint density at radius 1 is 1.37 bits per heavy atom. The number of hydrogen-bond donors (Lipinski definition) is 0. The lowest BCUT2D eigenvalue weighted by Crippen LogP contribution is -1.99. The smallest absolute Gasteiger partial charge is 0.168 e. The highest BCUT2D eigenvalue weighted by atomic mass is 35.5. The predicted octanol–water partition coefficient (Wildman–Crippen LogP) is 3.40. The number of alkyl halides is 1. The van der Waals surface area contributed by atoms with Crippen molar-refractivity contribution in [3.63, 3.8) is 0 Å². The number of hydrogen-bond acceptors (Lipinski definition) is 3. The van der Waals surface area contributed by atoms with Gasteiger partial charge in [-0.15, -0.1) is 11.6 Å². The zero-order valence-electron chi connectivity index (χ0n) is 11.2. The van der Waals surface area contributed by atoms with Crippen LogP contribution < -0.4 is 0 Å². The highest BCUT2D eigenvalue weighted by Crippen LogP contribution is 2.28. The van der Waals surface area contributed by atoms with Crippen molar-refractivity contribution in [2.75, 3.05) is 0 Å². The molecule has 0 aliphatic carbocycles. The molecule has 4 nitrogen and oxygen atoms in total. The Balaban J connectivity index is 2.14. The summed E-state index contributed by atoms with van der Waals surface area (Å²) >= 11 is 13.8. The van der Waals surface area contributed by atoms with Crippen LogP contribution in [0.2, 0.25) is 5.02 Å². The van der Waals surface area contributed by atoms with Gasteiger partial charge in [0.1, 0.15) is 0 Å². The number of aromatic nitrogens is 4. The minimum Gasteiger partial charge on any atom is -0.325 e. The van der Waals surface area contributed by atoms with Gasteiger partial charge in [-0.3, -0.25) is 4.68 Å². The van der Waals surface area contributed by atoms with E-state index in [0.29, 0.717) is 5.88 Å². The van der Waals surface area contributed by atoms with Gasteiger partial charge in [0.25, 0.3) is 0 Å². The van der Waals surface area contributed by atoms with E-state index in [1.54, 1.807) is 18.0 Å². The van der Waals surface area contributed by atoms with Crippen molar-refractivity contribution >= 4 is 35.0 Å². The number of rotatable bonds is 5. The molecule has 0 aliphatic heterocycles. The third kappa shape index (κ3) is 2.93. The van der Waals surface area contributed by atoms with Gasteiger partial charge in [-0.05, 0) is 6.42 Å². The van der Waals surface area contributed by atoms with Crippen LogP contribution in [-0.4, -0.2) is 19.3 Å². The maximum atomic E-state index is 6.32. The summed E-state index contributed by atoms with van der Waals surface area (Å²) < 4.78 is 3.85. The molecule has 2 aromatic heterocycles. The molecule has 104 valence electrons. The molecule has 0 unspecified atom stereocenters. The standard InChI is InChI=1S/C12H16Cl2N4S/c1-4-9-11(14)10(18(3)16-9)7-19-12-15-6-8(5-13)17(12)2/h6H,4-5,7H2,1-3H3. The van der Waals surface area contributed by atoms with Crippen molar-refractivity contribution in [3.05, 3.63) is 28.3 Å². The van der Waals surface area contributed by atoms with Crippen LogP contribution in [0.3, 0.4) is 0 Å². The predicted molar refractivity (Wildman–Crippen MR) is 79.9 cm³/mol. The van der Waals surface area contributed by atoms with Crippen LogP contribution in [0.15, 0.2) is 11.4 Å². The second kappa shape index (κ2) is 6.20. The van der Waals surface area contributed by atoms with Gasteiger partial charge in [0.2, 0.25) is 0 Å². The highest BCUT2D eigenvalue weighted by Gasteiger charge is 2.14. The normalized spacial score (nSPS) is 11.2. The monoisotopic (exact) mass is 318 g/mol. The van der Waals surface area contributed by atoms with Gasteiger partial charge in [0, 0.05) is 19.8 Å². The first-order chi connectivity index (χ1) is 9.08. The average molecular weight is 319 g/mol. The molecule has 0 aliphatic rings. The second-order valence-electron chi connectivity index (χ2n) is 4.20. The van der Waals surface area contributed by atoms with Gasteiger partial charge in [-0.2, -0.15) is 5.10 Å². The molecule has 0 bridgehead atoms. The van der Waals surface area contributed by atoms with Gasteiger partial charge in [0.15, 0.2) is 5.16 Å². The van der Waals surface area contributed by atoms with Crippen LogP contribution in [0.5, 0.6) is 0 Å². The van der Waals surface area contributed by atoms with E-state index in [1.165, 1.54) is 0 Å². The molecule has 2 heterocycles. The Morgan fingerprint density at radius 3 is 2.63 bits per heavy atom. The molecule has 0 spiro atoms. The molecule has 0 aromatic carbocycles. The summed E-state index contributed by atoms with van der Waals surface area (Å²) in [6, 6.07) is 0. The van der Waals surface area contributed by atoms with Crippen molar-refractivity contribution in [3.8, 4) is 0 Å². The van der Waals surface area contributed by atoms with E-state index in [1.807, 2.05) is 23.3 Å². The Morgan fingerprint density at radius 2 is 2.11 bits per heavy atom. The Kier molecular flexibility index (Phi) is 4.81. The fourth-order valence-electron chi connectivity index (χ4n) is 1.79. The van der Waals surface area contributed by atoms with Crippen LogP contribution in [-0.2, 0) is 32.1 Å². The molecule has 2 aromatic rings. The average Bonchev–Trinajstić information content (AvgIpc) is 2.88. The molecule has 19 heavy (non-hydrogen) atoms. The second-order valence-corrected chi connectivity index (χ2v) is 5.79. The van der Waals surface area contributed by atoms with Crippen molar-refractivity contribution in [1.29, 1.82) is 0 Å². The largest absolute Gasteiger partial charge is 0.325 e. The summed E-state index contributed by atoms with van der Waals surface area (Å²) in [5.41, 5.74) is 2.98. The zero-order valence-corrected chi connectivity index (χ0v) is 13.5. The summed E-state index contributed by atoms with van der Waals surface area (Å²) in [6.07, 6.45) is 2.65. The third-order valence-corrected chi connectivity index (χ3v) is 4.78. The number of aryl methyl sites for hydroxylation is 2. The molecule has 0 radical (unpaired) electrons. The molecule has 2 rings (SSSR count). The van der Waals surface area contributed by atoms with E-state index in [0.717, 1.165) is 39.4 Å². The molecular weight excluding hydrogens is 303 g/mol. The molecule has 7 heteroatoms. The van der Waals surface area contributed by atoms with Gasteiger partial charge >= 0.3 is 0 Å². The minimum absolute atomic E-state index is 0.469. The van der Waals surface area contributed by atoms with E-state index in [9.17, 15) is 0 Å². The van der Waals surface area contributed by atoms with E-state index < -0.39 is 0 Å². The molecule has 0 saturated heterocycles. The summed E-state index contributed by atoms with van der Waals surface area (Å²) in [5, 5.41) is 6.11. The number of halogens is 2. The zero-order chi connectivity index (χ0) is 14.0. The topological polar surface area (TPSA) is 35.6 Å². The molecule has 0 fully saturated rings. The SMILES string of the molecule is CCc1nn(C)c(CSc2ncc(CCl)n2C)c1Cl. The maximum Gasteiger partial charge on any atom is 0.168 e. The first-order valence-electron chi connectivity index (χ1n) is 5.98. The Hall–Kier alpha value is -0.650. The number of nitrogens with zero attached hydrogens (tertiary/aromatic N) is 4. The highest BCUT2D eigenvalue weighted by molar-refractivity contribution is 7.98. The fourth-order valence-corrected chi connectivity index (χ4v) is 3.52. The summed E-state index contributed by atoms with van der Waals surface area (Å²) in [7, 11) is 3.89. The van der Waals surface area contributed by atoms with Gasteiger partial charge in [-0.1, -0.05) is 30.3 Å². The molecule has 0 amide bonds. The number of thioether (sulfide) groups is 1. The van der Waals surface area contributed by atoms with Gasteiger partial charge in [0.05, 0.1) is 34.2 Å². The Labute approximate surface area is 127 Å². The van der Waals surface area contributed by atoms with Crippen molar-refractivity contribution in [2.24, 2.45) is 14.1 Å². The van der Waals surface area contributed by atoms with Crippen LogP contribution >= 0.6 is 35.0 Å². The first-order valence-corrected chi connectivity index (χ1v) is 7.87. The summed E-state index contributed by atoms with van der Waals surface area (Å²) in [5.74, 6) is 1.21. The minimum atomic E-state index is 0.469. The lowest BCUT2D eigenvalue weighted by molar-refractivity contribution is 0.717. The lowest BCUT2D eigenvalue weighted by Gasteiger charge is -2.04. The number of imidazole rings is 1. The van der Waals surface area contributed by atoms with Crippen LogP contribution in [0.4, 0.5) is 0 Å². The van der Waals surface area contributed by atoms with Crippen LogP contribution in [0.1, 0.15) is 24.0 Å². The third-order valence-electron chi connectivity index (χ3n) is 3.02. The lowest BCUT2D eigenvalue weighted by atomic mass is 10.3. The fraction of sp³-hybridized carbons (Fsp3) is 0.500. The molecule has 0 saturated carbocycles. The quantitative estimate of drug-likeness (QED) is 0.626. The van der Waals surface area contributed by atoms with Crippen molar-refractivity contribution < 1.29 is 0 Å². The van der Waals surface area contributed by atoms with E-state index in [4.69, 9.17) is 23.2 Å². The first kappa shape index (κ1) is 14.8. The molecule has 0 atom stereocenters. The Bertz CT molecular complexity index is 577. The van der Waals surface area contributed by atoms with Crippen LogP contribution in [0.25, 0.3) is 0 Å². The maximum absolute atomic E-state index is 6.32. The van der Waals surface area contributed by atoms with Gasteiger partial charge in [-0.25, -0.2) is 4.98 Å². The van der Waals surface area contributed by atoms with Crippen molar-refractivity contribution in [1.82, 2.24) is 19.3 Å². The summed E-state index contributed by atoms with van der Waals surface area (Å²) in [4.78, 5) is 4.36. The molecular formula is C12H16Cl2N4S.